The molecule has 0 amide bonds. The molecule has 1 aromatic carbocycles. The number of hydrogen-bond acceptors (Lipinski definition) is 2. The Morgan fingerprint density at radius 3 is 2.33 bits per heavy atom. The molecule has 0 heterocycles. The molecule has 2 nitrogen and oxygen atoms in total. The van der Waals surface area contributed by atoms with Crippen molar-refractivity contribution in [1.29, 1.82) is 0 Å². The van der Waals surface area contributed by atoms with Gasteiger partial charge < -0.3 is 10.8 Å². The molecule has 0 aromatic heterocycles. The zero-order valence-corrected chi connectivity index (χ0v) is 14.0. The average Bonchev–Trinajstić information content (AvgIpc) is 2.84. The first-order chi connectivity index (χ1) is 8.09. The van der Waals surface area contributed by atoms with Gasteiger partial charge in [-0.25, -0.2) is 0 Å². The van der Waals surface area contributed by atoms with E-state index in [4.69, 9.17) is 5.73 Å². The predicted octanol–water partition coefficient (Wildman–Crippen LogP) is 4.18. The summed E-state index contributed by atoms with van der Waals surface area (Å²) in [6.45, 7) is 0. The van der Waals surface area contributed by atoms with E-state index in [2.05, 4.69) is 31.9 Å². The fourth-order valence-electron chi connectivity index (χ4n) is 2.51. The van der Waals surface area contributed by atoms with Crippen molar-refractivity contribution in [1.82, 2.24) is 0 Å². The predicted molar refractivity (Wildman–Crippen MR) is 84.0 cm³/mol. The summed E-state index contributed by atoms with van der Waals surface area (Å²) in [5.74, 6) is 0.368. The zero-order valence-electron chi connectivity index (χ0n) is 9.98. The van der Waals surface area contributed by atoms with E-state index in [0.717, 1.165) is 27.4 Å². The quantitative estimate of drug-likeness (QED) is 0.801. The SMILES string of the molecule is Cl.N[C@@H](c1ccc(Br)c(Br)c1)[C@H](O)C1CCCC1. The van der Waals surface area contributed by atoms with E-state index in [1.54, 1.807) is 0 Å². The van der Waals surface area contributed by atoms with E-state index in [-0.39, 0.29) is 18.4 Å². The number of nitrogens with two attached hydrogens (primary N) is 1. The summed E-state index contributed by atoms with van der Waals surface area (Å²) in [6, 6.07) is 5.62. The van der Waals surface area contributed by atoms with Crippen molar-refractivity contribution in [3.05, 3.63) is 32.7 Å². The molecule has 2 rings (SSSR count). The lowest BCUT2D eigenvalue weighted by Crippen LogP contribution is -2.31. The Hall–Kier alpha value is 0.390. The highest BCUT2D eigenvalue weighted by Crippen LogP contribution is 2.34. The molecule has 0 bridgehead atoms. The number of aliphatic hydroxyl groups is 1. The lowest BCUT2D eigenvalue weighted by atomic mass is 9.91. The summed E-state index contributed by atoms with van der Waals surface area (Å²) in [6.07, 6.45) is 4.22. The Morgan fingerprint density at radius 1 is 1.17 bits per heavy atom. The van der Waals surface area contributed by atoms with E-state index < -0.39 is 6.10 Å². The van der Waals surface area contributed by atoms with E-state index in [0.29, 0.717) is 5.92 Å². The van der Waals surface area contributed by atoms with E-state index in [1.165, 1.54) is 12.8 Å². The summed E-state index contributed by atoms with van der Waals surface area (Å²) in [5, 5.41) is 10.3. The Labute approximate surface area is 131 Å². The molecule has 0 saturated heterocycles. The van der Waals surface area contributed by atoms with Crippen LogP contribution >= 0.6 is 44.3 Å². The van der Waals surface area contributed by atoms with Gasteiger partial charge in [0.1, 0.15) is 0 Å². The minimum atomic E-state index is -0.425. The summed E-state index contributed by atoms with van der Waals surface area (Å²) >= 11 is 6.89. The van der Waals surface area contributed by atoms with Crippen molar-refractivity contribution < 1.29 is 5.11 Å². The maximum absolute atomic E-state index is 10.3. The van der Waals surface area contributed by atoms with Crippen molar-refractivity contribution >= 4 is 44.3 Å². The molecule has 0 radical (unpaired) electrons. The molecule has 5 heteroatoms. The van der Waals surface area contributed by atoms with Gasteiger partial charge in [-0.3, -0.25) is 0 Å². The van der Waals surface area contributed by atoms with Crippen molar-refractivity contribution in [2.24, 2.45) is 11.7 Å². The third-order valence-corrected chi connectivity index (χ3v) is 5.46. The highest BCUT2D eigenvalue weighted by molar-refractivity contribution is 9.13. The van der Waals surface area contributed by atoms with E-state index >= 15 is 0 Å². The molecule has 2 atom stereocenters. The molecule has 102 valence electrons. The summed E-state index contributed by atoms with van der Waals surface area (Å²) < 4.78 is 1.98. The van der Waals surface area contributed by atoms with Crippen LogP contribution in [0.5, 0.6) is 0 Å². The monoisotopic (exact) mass is 397 g/mol. The first-order valence-corrected chi connectivity index (χ1v) is 7.57. The molecule has 1 aliphatic rings. The number of aliphatic hydroxyl groups excluding tert-OH is 1. The van der Waals surface area contributed by atoms with Gasteiger partial charge in [-0.05, 0) is 68.3 Å². The van der Waals surface area contributed by atoms with Crippen LogP contribution in [0.15, 0.2) is 27.1 Å². The van der Waals surface area contributed by atoms with Gasteiger partial charge in [0.15, 0.2) is 0 Å². The second-order valence-corrected chi connectivity index (χ2v) is 6.44. The molecule has 18 heavy (non-hydrogen) atoms. The standard InChI is InChI=1S/C13H17Br2NO.ClH/c14-10-6-5-9(7-11(10)15)12(16)13(17)8-3-1-2-4-8;/h5-8,12-13,17H,1-4,16H2;1H/t12-,13+;/m0./s1. The van der Waals surface area contributed by atoms with Gasteiger partial charge in [-0.1, -0.05) is 18.9 Å². The third kappa shape index (κ3) is 3.70. The van der Waals surface area contributed by atoms with Crippen LogP contribution in [0, 0.1) is 5.92 Å². The second kappa shape index (κ2) is 7.25. The van der Waals surface area contributed by atoms with Crippen LogP contribution in [0.4, 0.5) is 0 Å². The van der Waals surface area contributed by atoms with E-state index in [9.17, 15) is 5.11 Å². The van der Waals surface area contributed by atoms with Crippen LogP contribution < -0.4 is 5.73 Å². The molecule has 0 unspecified atom stereocenters. The molecule has 1 saturated carbocycles. The molecule has 0 spiro atoms. The molecular formula is C13H18Br2ClNO. The summed E-state index contributed by atoms with van der Waals surface area (Å²) in [5.41, 5.74) is 7.14. The Morgan fingerprint density at radius 2 is 1.78 bits per heavy atom. The Balaban J connectivity index is 0.00000162. The molecule has 0 aliphatic heterocycles. The zero-order chi connectivity index (χ0) is 12.4. The number of benzene rings is 1. The van der Waals surface area contributed by atoms with Crippen LogP contribution in [-0.2, 0) is 0 Å². The molecule has 1 aromatic rings. The summed E-state index contributed by atoms with van der Waals surface area (Å²) in [4.78, 5) is 0. The van der Waals surface area contributed by atoms with Crippen LogP contribution in [0.1, 0.15) is 37.3 Å². The number of halogens is 3. The maximum Gasteiger partial charge on any atom is 0.0760 e. The lowest BCUT2D eigenvalue weighted by molar-refractivity contribution is 0.0845. The van der Waals surface area contributed by atoms with Crippen LogP contribution in [0.25, 0.3) is 0 Å². The second-order valence-electron chi connectivity index (χ2n) is 4.73. The molecule has 1 fully saturated rings. The minimum Gasteiger partial charge on any atom is -0.391 e. The van der Waals surface area contributed by atoms with Gasteiger partial charge in [-0.2, -0.15) is 0 Å². The fourth-order valence-corrected chi connectivity index (χ4v) is 3.15. The highest BCUT2D eigenvalue weighted by Gasteiger charge is 2.28. The van der Waals surface area contributed by atoms with Crippen LogP contribution in [0.3, 0.4) is 0 Å². The minimum absolute atomic E-state index is 0. The lowest BCUT2D eigenvalue weighted by Gasteiger charge is -2.24. The largest absolute Gasteiger partial charge is 0.391 e. The Kier molecular flexibility index (Phi) is 6.62. The van der Waals surface area contributed by atoms with Crippen molar-refractivity contribution in [3.8, 4) is 0 Å². The van der Waals surface area contributed by atoms with Gasteiger partial charge in [0, 0.05) is 8.95 Å². The normalized spacial score (nSPS) is 19.3. The fraction of sp³-hybridized carbons (Fsp3) is 0.538. The van der Waals surface area contributed by atoms with Gasteiger partial charge >= 0.3 is 0 Å². The van der Waals surface area contributed by atoms with Gasteiger partial charge in [0.2, 0.25) is 0 Å². The average molecular weight is 400 g/mol. The number of rotatable bonds is 3. The third-order valence-electron chi connectivity index (χ3n) is 3.58. The van der Waals surface area contributed by atoms with Gasteiger partial charge in [0.25, 0.3) is 0 Å². The maximum atomic E-state index is 10.3. The van der Waals surface area contributed by atoms with Crippen LogP contribution in [-0.4, -0.2) is 11.2 Å². The molecular weight excluding hydrogens is 381 g/mol. The van der Waals surface area contributed by atoms with Gasteiger partial charge in [-0.15, -0.1) is 12.4 Å². The number of hydrogen-bond donors (Lipinski definition) is 2. The molecule has 1 aliphatic carbocycles. The summed E-state index contributed by atoms with van der Waals surface area (Å²) in [7, 11) is 0. The first kappa shape index (κ1) is 16.4. The molecule has 3 N–H and O–H groups in total. The van der Waals surface area contributed by atoms with E-state index in [1.807, 2.05) is 18.2 Å². The topological polar surface area (TPSA) is 46.2 Å². The van der Waals surface area contributed by atoms with Gasteiger partial charge in [0.05, 0.1) is 12.1 Å². The Bertz CT molecular complexity index is 397. The first-order valence-electron chi connectivity index (χ1n) is 5.98. The smallest absolute Gasteiger partial charge is 0.0760 e. The van der Waals surface area contributed by atoms with Crippen molar-refractivity contribution in [3.63, 3.8) is 0 Å². The highest BCUT2D eigenvalue weighted by atomic mass is 79.9. The van der Waals surface area contributed by atoms with Crippen molar-refractivity contribution in [2.75, 3.05) is 0 Å². The van der Waals surface area contributed by atoms with Crippen molar-refractivity contribution in [2.45, 2.75) is 37.8 Å². The van der Waals surface area contributed by atoms with Crippen LogP contribution in [0.2, 0.25) is 0 Å².